The third-order valence-corrected chi connectivity index (χ3v) is 6.96. The lowest BCUT2D eigenvalue weighted by atomic mass is 10.2. The number of halogens is 1. The first-order chi connectivity index (χ1) is 14.7. The number of amides is 1. The van der Waals surface area contributed by atoms with Crippen LogP contribution >= 0.6 is 11.6 Å². The molecule has 1 aliphatic rings. The standard InChI is InChI=1S/C22H30ClN3O4S/c1-16(2)13-26-20(14-25(9-10-30-3)21(27)18-7-8-18)12-24-22(26)31(28,29)15-17-5-4-6-19(23)11-17/h4-6,11-12,16,18H,7-10,13-15H2,1-3H3. The number of methoxy groups -OCH3 is 1. The van der Waals surface area contributed by atoms with Crippen molar-refractivity contribution in [2.75, 3.05) is 20.3 Å². The van der Waals surface area contributed by atoms with E-state index in [4.69, 9.17) is 16.3 Å². The molecule has 2 aromatic rings. The lowest BCUT2D eigenvalue weighted by molar-refractivity contribution is -0.133. The fourth-order valence-corrected chi connectivity index (χ4v) is 5.19. The molecule has 1 heterocycles. The fraction of sp³-hybridized carbons (Fsp3) is 0.545. The minimum Gasteiger partial charge on any atom is -0.383 e. The van der Waals surface area contributed by atoms with E-state index in [2.05, 4.69) is 4.98 Å². The zero-order valence-electron chi connectivity index (χ0n) is 18.3. The molecule has 0 aliphatic heterocycles. The van der Waals surface area contributed by atoms with Gasteiger partial charge in [-0.15, -0.1) is 0 Å². The highest BCUT2D eigenvalue weighted by Gasteiger charge is 2.34. The number of benzene rings is 1. The first-order valence-electron chi connectivity index (χ1n) is 10.5. The molecular formula is C22H30ClN3O4S. The van der Waals surface area contributed by atoms with Gasteiger partial charge in [-0.3, -0.25) is 4.79 Å². The molecule has 0 atom stereocenters. The molecule has 9 heteroatoms. The van der Waals surface area contributed by atoms with Crippen molar-refractivity contribution in [3.05, 3.63) is 46.7 Å². The molecule has 3 rings (SSSR count). The van der Waals surface area contributed by atoms with Crippen LogP contribution in [-0.4, -0.2) is 49.0 Å². The summed E-state index contributed by atoms with van der Waals surface area (Å²) in [6.45, 7) is 5.74. The molecule has 1 aliphatic carbocycles. The number of imidazole rings is 1. The molecule has 1 fully saturated rings. The van der Waals surface area contributed by atoms with Crippen molar-refractivity contribution < 1.29 is 17.9 Å². The topological polar surface area (TPSA) is 81.5 Å². The number of sulfone groups is 1. The smallest absolute Gasteiger partial charge is 0.228 e. The summed E-state index contributed by atoms with van der Waals surface area (Å²) in [6, 6.07) is 6.83. The largest absolute Gasteiger partial charge is 0.383 e. The van der Waals surface area contributed by atoms with E-state index in [-0.39, 0.29) is 28.7 Å². The van der Waals surface area contributed by atoms with Crippen LogP contribution in [0.2, 0.25) is 5.02 Å². The first kappa shape index (κ1) is 23.8. The van der Waals surface area contributed by atoms with Crippen molar-refractivity contribution in [2.24, 2.45) is 11.8 Å². The second kappa shape index (κ2) is 10.1. The van der Waals surface area contributed by atoms with E-state index >= 15 is 0 Å². The lowest BCUT2D eigenvalue weighted by Crippen LogP contribution is -2.35. The van der Waals surface area contributed by atoms with Gasteiger partial charge in [0, 0.05) is 31.1 Å². The Morgan fingerprint density at radius 3 is 2.71 bits per heavy atom. The van der Waals surface area contributed by atoms with Gasteiger partial charge in [0.2, 0.25) is 20.9 Å². The highest BCUT2D eigenvalue weighted by molar-refractivity contribution is 7.90. The normalized spacial score (nSPS) is 14.2. The molecule has 1 aromatic heterocycles. The third-order valence-electron chi connectivity index (χ3n) is 5.13. The second-order valence-electron chi connectivity index (χ2n) is 8.45. The zero-order valence-corrected chi connectivity index (χ0v) is 19.8. The van der Waals surface area contributed by atoms with Gasteiger partial charge < -0.3 is 14.2 Å². The van der Waals surface area contributed by atoms with E-state index in [1.54, 1.807) is 47.0 Å². The fourth-order valence-electron chi connectivity index (χ4n) is 3.49. The number of aromatic nitrogens is 2. The Hall–Kier alpha value is -1.90. The molecule has 0 bridgehead atoms. The maximum absolute atomic E-state index is 13.2. The van der Waals surface area contributed by atoms with Gasteiger partial charge in [0.15, 0.2) is 0 Å². The van der Waals surface area contributed by atoms with Crippen LogP contribution in [0.15, 0.2) is 35.6 Å². The molecule has 0 N–H and O–H groups in total. The van der Waals surface area contributed by atoms with Gasteiger partial charge in [-0.2, -0.15) is 0 Å². The SMILES string of the molecule is COCCN(Cc1cnc(S(=O)(=O)Cc2cccc(Cl)c2)n1CC(C)C)C(=O)C1CC1. The summed E-state index contributed by atoms with van der Waals surface area (Å²) in [7, 11) is -2.10. The monoisotopic (exact) mass is 467 g/mol. The summed E-state index contributed by atoms with van der Waals surface area (Å²) in [5.41, 5.74) is 1.32. The van der Waals surface area contributed by atoms with Crippen LogP contribution in [-0.2, 0) is 38.2 Å². The van der Waals surface area contributed by atoms with Crippen LogP contribution < -0.4 is 0 Å². The number of hydrogen-bond acceptors (Lipinski definition) is 5. The molecule has 31 heavy (non-hydrogen) atoms. The maximum Gasteiger partial charge on any atom is 0.228 e. The minimum atomic E-state index is -3.70. The molecule has 7 nitrogen and oxygen atoms in total. The zero-order chi connectivity index (χ0) is 22.6. The van der Waals surface area contributed by atoms with Crippen molar-refractivity contribution in [1.82, 2.24) is 14.5 Å². The van der Waals surface area contributed by atoms with E-state index in [0.717, 1.165) is 12.8 Å². The molecule has 0 spiro atoms. The van der Waals surface area contributed by atoms with Gasteiger partial charge in [0.05, 0.1) is 30.8 Å². The summed E-state index contributed by atoms with van der Waals surface area (Å²) >= 11 is 6.02. The predicted octanol–water partition coefficient (Wildman–Crippen LogP) is 3.55. The number of ether oxygens (including phenoxy) is 1. The Balaban J connectivity index is 1.90. The average Bonchev–Trinajstić information content (AvgIpc) is 3.46. The van der Waals surface area contributed by atoms with Crippen LogP contribution in [0.25, 0.3) is 0 Å². The molecule has 0 saturated heterocycles. The molecule has 1 saturated carbocycles. The van der Waals surface area contributed by atoms with Crippen molar-refractivity contribution in [3.63, 3.8) is 0 Å². The van der Waals surface area contributed by atoms with Gasteiger partial charge in [0.25, 0.3) is 0 Å². The van der Waals surface area contributed by atoms with Crippen LogP contribution in [0, 0.1) is 11.8 Å². The van der Waals surface area contributed by atoms with Gasteiger partial charge in [-0.25, -0.2) is 13.4 Å². The predicted molar refractivity (Wildman–Crippen MR) is 119 cm³/mol. The molecule has 1 aromatic carbocycles. The van der Waals surface area contributed by atoms with Crippen LogP contribution in [0.4, 0.5) is 0 Å². The number of rotatable bonds is 11. The third kappa shape index (κ3) is 6.30. The highest BCUT2D eigenvalue weighted by Crippen LogP contribution is 2.31. The van der Waals surface area contributed by atoms with Crippen LogP contribution in [0.1, 0.15) is 37.9 Å². The quantitative estimate of drug-likeness (QED) is 0.504. The molecule has 0 radical (unpaired) electrons. The Morgan fingerprint density at radius 1 is 1.35 bits per heavy atom. The van der Waals surface area contributed by atoms with E-state index < -0.39 is 9.84 Å². The summed E-state index contributed by atoms with van der Waals surface area (Å²) in [5.74, 6) is 0.193. The Morgan fingerprint density at radius 2 is 2.10 bits per heavy atom. The molecule has 170 valence electrons. The van der Waals surface area contributed by atoms with Gasteiger partial charge in [-0.1, -0.05) is 37.6 Å². The molecular weight excluding hydrogens is 438 g/mol. The summed E-state index contributed by atoms with van der Waals surface area (Å²) in [4.78, 5) is 18.8. The lowest BCUT2D eigenvalue weighted by Gasteiger charge is -2.24. The van der Waals surface area contributed by atoms with Crippen LogP contribution in [0.5, 0.6) is 0 Å². The van der Waals surface area contributed by atoms with E-state index in [0.29, 0.717) is 42.5 Å². The Kier molecular flexibility index (Phi) is 7.78. The van der Waals surface area contributed by atoms with E-state index in [9.17, 15) is 13.2 Å². The van der Waals surface area contributed by atoms with Gasteiger partial charge in [0.1, 0.15) is 0 Å². The average molecular weight is 468 g/mol. The minimum absolute atomic E-state index is 0.0294. The Labute approximate surface area is 189 Å². The van der Waals surface area contributed by atoms with E-state index in [1.165, 1.54) is 0 Å². The van der Waals surface area contributed by atoms with E-state index in [1.807, 2.05) is 13.8 Å². The second-order valence-corrected chi connectivity index (χ2v) is 10.8. The maximum atomic E-state index is 13.2. The van der Waals surface area contributed by atoms with Crippen molar-refractivity contribution in [1.29, 1.82) is 0 Å². The number of carbonyl (C=O) groups is 1. The Bertz CT molecular complexity index is 1020. The number of hydrogen-bond donors (Lipinski definition) is 0. The van der Waals surface area contributed by atoms with Crippen LogP contribution in [0.3, 0.4) is 0 Å². The summed E-state index contributed by atoms with van der Waals surface area (Å²) in [5, 5.41) is 0.521. The van der Waals surface area contributed by atoms with Crippen molar-refractivity contribution in [3.8, 4) is 0 Å². The van der Waals surface area contributed by atoms with Crippen molar-refractivity contribution in [2.45, 2.75) is 50.7 Å². The first-order valence-corrected chi connectivity index (χ1v) is 12.5. The van der Waals surface area contributed by atoms with Gasteiger partial charge in [-0.05, 0) is 36.5 Å². The summed E-state index contributed by atoms with van der Waals surface area (Å²) in [6.07, 6.45) is 3.40. The molecule has 0 unspecified atom stereocenters. The molecule has 1 amide bonds. The summed E-state index contributed by atoms with van der Waals surface area (Å²) < 4.78 is 33.3. The van der Waals surface area contributed by atoms with Gasteiger partial charge >= 0.3 is 0 Å². The van der Waals surface area contributed by atoms with Crippen molar-refractivity contribution >= 4 is 27.3 Å². The highest BCUT2D eigenvalue weighted by atomic mass is 35.5. The number of nitrogens with zero attached hydrogens (tertiary/aromatic N) is 3. The number of carbonyl (C=O) groups excluding carboxylic acids is 1.